The number of ether oxygens (including phenoxy) is 1. The summed E-state index contributed by atoms with van der Waals surface area (Å²) in [7, 11) is 1.65. The van der Waals surface area contributed by atoms with Crippen LogP contribution >= 0.6 is 11.3 Å². The highest BCUT2D eigenvalue weighted by molar-refractivity contribution is 7.10. The van der Waals surface area contributed by atoms with Crippen molar-refractivity contribution in [3.8, 4) is 17.1 Å². The van der Waals surface area contributed by atoms with E-state index in [1.165, 1.54) is 0 Å². The Kier molecular flexibility index (Phi) is 3.72. The Bertz CT molecular complexity index is 737. The Morgan fingerprint density at radius 2 is 2.19 bits per heavy atom. The number of nitrogens with two attached hydrogens (primary N) is 1. The van der Waals surface area contributed by atoms with Crippen molar-refractivity contribution in [3.63, 3.8) is 0 Å². The molecule has 1 unspecified atom stereocenters. The lowest BCUT2D eigenvalue weighted by Crippen LogP contribution is -2.10. The molecule has 3 rings (SSSR count). The van der Waals surface area contributed by atoms with Gasteiger partial charge in [0.1, 0.15) is 11.8 Å². The summed E-state index contributed by atoms with van der Waals surface area (Å²) in [5.41, 5.74) is 8.02. The van der Waals surface area contributed by atoms with Crippen LogP contribution in [-0.2, 0) is 0 Å². The van der Waals surface area contributed by atoms with Crippen molar-refractivity contribution in [2.45, 2.75) is 13.0 Å². The van der Waals surface area contributed by atoms with Crippen molar-refractivity contribution in [3.05, 3.63) is 52.0 Å². The van der Waals surface area contributed by atoms with Gasteiger partial charge in [0.05, 0.1) is 7.11 Å². The van der Waals surface area contributed by atoms with Gasteiger partial charge in [-0.25, -0.2) is 0 Å². The molecule has 108 valence electrons. The van der Waals surface area contributed by atoms with Crippen molar-refractivity contribution < 1.29 is 9.26 Å². The molecule has 5 nitrogen and oxygen atoms in total. The van der Waals surface area contributed by atoms with Crippen LogP contribution in [0.3, 0.4) is 0 Å². The number of methoxy groups -OCH3 is 1. The Labute approximate surface area is 126 Å². The van der Waals surface area contributed by atoms with Crippen molar-refractivity contribution in [2.75, 3.05) is 7.11 Å². The Balaban J connectivity index is 1.89. The largest absolute Gasteiger partial charge is 0.496 e. The van der Waals surface area contributed by atoms with E-state index in [0.29, 0.717) is 11.7 Å². The predicted octanol–water partition coefficient (Wildman–Crippen LogP) is 3.16. The van der Waals surface area contributed by atoms with Gasteiger partial charge in [0, 0.05) is 10.4 Å². The van der Waals surface area contributed by atoms with Crippen LogP contribution in [0.2, 0.25) is 0 Å². The quantitative estimate of drug-likeness (QED) is 0.801. The third kappa shape index (κ3) is 2.68. The van der Waals surface area contributed by atoms with Crippen molar-refractivity contribution in [1.29, 1.82) is 0 Å². The van der Waals surface area contributed by atoms with E-state index < -0.39 is 0 Å². The van der Waals surface area contributed by atoms with Gasteiger partial charge >= 0.3 is 0 Å². The molecule has 2 N–H and O–H groups in total. The summed E-state index contributed by atoms with van der Waals surface area (Å²) in [6.45, 7) is 1.97. The molecule has 0 spiro atoms. The SMILES string of the molecule is COc1ccc(-c2noc(C(N)c3cccs3)n2)cc1C. The van der Waals surface area contributed by atoms with Crippen LogP contribution in [0.1, 0.15) is 22.4 Å². The predicted molar refractivity (Wildman–Crippen MR) is 81.4 cm³/mol. The molecule has 0 aliphatic rings. The second-order valence-electron chi connectivity index (χ2n) is 4.63. The lowest BCUT2D eigenvalue weighted by atomic mass is 10.1. The van der Waals surface area contributed by atoms with Gasteiger partial charge < -0.3 is 15.0 Å². The van der Waals surface area contributed by atoms with E-state index >= 15 is 0 Å². The third-order valence-corrected chi connectivity index (χ3v) is 4.17. The highest BCUT2D eigenvalue weighted by Gasteiger charge is 2.18. The fraction of sp³-hybridized carbons (Fsp3) is 0.200. The van der Waals surface area contributed by atoms with Gasteiger partial charge in [0.25, 0.3) is 0 Å². The minimum Gasteiger partial charge on any atom is -0.496 e. The van der Waals surface area contributed by atoms with E-state index in [1.54, 1.807) is 18.4 Å². The average Bonchev–Trinajstić information content (AvgIpc) is 3.18. The van der Waals surface area contributed by atoms with Crippen LogP contribution in [0.5, 0.6) is 5.75 Å². The molecule has 21 heavy (non-hydrogen) atoms. The molecule has 1 aromatic carbocycles. The molecule has 0 aliphatic carbocycles. The summed E-state index contributed by atoms with van der Waals surface area (Å²) in [5, 5.41) is 5.98. The fourth-order valence-corrected chi connectivity index (χ4v) is 2.81. The lowest BCUT2D eigenvalue weighted by molar-refractivity contribution is 0.368. The number of hydrogen-bond acceptors (Lipinski definition) is 6. The molecule has 0 saturated carbocycles. The molecule has 0 aliphatic heterocycles. The van der Waals surface area contributed by atoms with Gasteiger partial charge in [-0.2, -0.15) is 4.98 Å². The Morgan fingerprint density at radius 1 is 1.33 bits per heavy atom. The zero-order valence-electron chi connectivity index (χ0n) is 11.7. The van der Waals surface area contributed by atoms with Gasteiger partial charge in [0.15, 0.2) is 0 Å². The summed E-state index contributed by atoms with van der Waals surface area (Å²) in [5.74, 6) is 1.78. The Morgan fingerprint density at radius 3 is 2.86 bits per heavy atom. The van der Waals surface area contributed by atoms with E-state index in [9.17, 15) is 0 Å². The first kappa shape index (κ1) is 13.8. The number of aryl methyl sites for hydroxylation is 1. The van der Waals surface area contributed by atoms with E-state index in [4.69, 9.17) is 15.0 Å². The molecular weight excluding hydrogens is 286 g/mol. The molecule has 0 amide bonds. The zero-order chi connectivity index (χ0) is 14.8. The van der Waals surface area contributed by atoms with Gasteiger partial charge in [-0.15, -0.1) is 11.3 Å². The van der Waals surface area contributed by atoms with E-state index in [-0.39, 0.29) is 6.04 Å². The van der Waals surface area contributed by atoms with E-state index in [1.807, 2.05) is 42.6 Å². The normalized spacial score (nSPS) is 12.3. The molecule has 0 saturated heterocycles. The van der Waals surface area contributed by atoms with Gasteiger partial charge in [-0.05, 0) is 42.1 Å². The highest BCUT2D eigenvalue weighted by atomic mass is 32.1. The molecule has 0 fully saturated rings. The summed E-state index contributed by atoms with van der Waals surface area (Å²) in [4.78, 5) is 5.39. The number of aromatic nitrogens is 2. The van der Waals surface area contributed by atoms with Gasteiger partial charge in [0.2, 0.25) is 11.7 Å². The zero-order valence-corrected chi connectivity index (χ0v) is 12.6. The number of hydrogen-bond donors (Lipinski definition) is 1. The monoisotopic (exact) mass is 301 g/mol. The van der Waals surface area contributed by atoms with Gasteiger partial charge in [-0.3, -0.25) is 0 Å². The molecule has 3 aromatic rings. The molecule has 2 aromatic heterocycles. The minimum absolute atomic E-state index is 0.384. The molecule has 1 atom stereocenters. The summed E-state index contributed by atoms with van der Waals surface area (Å²) >= 11 is 1.57. The number of thiophene rings is 1. The maximum absolute atomic E-state index is 6.12. The van der Waals surface area contributed by atoms with Crippen LogP contribution in [0, 0.1) is 6.92 Å². The number of rotatable bonds is 4. The topological polar surface area (TPSA) is 74.2 Å². The smallest absolute Gasteiger partial charge is 0.249 e. The first-order chi connectivity index (χ1) is 10.2. The summed E-state index contributed by atoms with van der Waals surface area (Å²) in [6.07, 6.45) is 0. The summed E-state index contributed by atoms with van der Waals surface area (Å²) < 4.78 is 10.5. The van der Waals surface area contributed by atoms with Crippen LogP contribution in [0.15, 0.2) is 40.2 Å². The van der Waals surface area contributed by atoms with E-state index in [2.05, 4.69) is 10.1 Å². The van der Waals surface area contributed by atoms with Crippen molar-refractivity contribution in [1.82, 2.24) is 10.1 Å². The highest BCUT2D eigenvalue weighted by Crippen LogP contribution is 2.27. The summed E-state index contributed by atoms with van der Waals surface area (Å²) in [6, 6.07) is 9.27. The second-order valence-corrected chi connectivity index (χ2v) is 5.61. The Hall–Kier alpha value is -2.18. The number of nitrogens with zero attached hydrogens (tertiary/aromatic N) is 2. The van der Waals surface area contributed by atoms with Crippen LogP contribution < -0.4 is 10.5 Å². The fourth-order valence-electron chi connectivity index (χ4n) is 2.09. The molecule has 2 heterocycles. The minimum atomic E-state index is -0.384. The van der Waals surface area contributed by atoms with Crippen LogP contribution in [0.25, 0.3) is 11.4 Å². The van der Waals surface area contributed by atoms with Gasteiger partial charge in [-0.1, -0.05) is 11.2 Å². The average molecular weight is 301 g/mol. The first-order valence-electron chi connectivity index (χ1n) is 6.46. The molecular formula is C15H15N3O2S. The molecule has 0 bridgehead atoms. The third-order valence-electron chi connectivity index (χ3n) is 3.21. The van der Waals surface area contributed by atoms with E-state index in [0.717, 1.165) is 21.8 Å². The van der Waals surface area contributed by atoms with Crippen LogP contribution in [-0.4, -0.2) is 17.3 Å². The maximum Gasteiger partial charge on any atom is 0.249 e. The van der Waals surface area contributed by atoms with Crippen molar-refractivity contribution in [2.24, 2.45) is 5.73 Å². The van der Waals surface area contributed by atoms with Crippen LogP contribution in [0.4, 0.5) is 0 Å². The first-order valence-corrected chi connectivity index (χ1v) is 7.34. The maximum atomic E-state index is 6.12. The van der Waals surface area contributed by atoms with Crippen molar-refractivity contribution >= 4 is 11.3 Å². The second kappa shape index (κ2) is 5.67. The molecule has 0 radical (unpaired) electrons. The number of benzene rings is 1. The standard InChI is InChI=1S/C15H15N3O2S/c1-9-8-10(5-6-11(9)19-2)14-17-15(20-18-14)13(16)12-4-3-7-21-12/h3-8,13H,16H2,1-2H3. The molecule has 6 heteroatoms. The lowest BCUT2D eigenvalue weighted by Gasteiger charge is -2.04.